The Hall–Kier alpha value is -2.59. The summed E-state index contributed by atoms with van der Waals surface area (Å²) in [5.41, 5.74) is 3.25. The van der Waals surface area contributed by atoms with Gasteiger partial charge in [0, 0.05) is 54.9 Å². The first-order chi connectivity index (χ1) is 13.3. The molecule has 2 bridgehead atoms. The molecule has 2 aromatic carbocycles. The summed E-state index contributed by atoms with van der Waals surface area (Å²) in [5.74, 6) is 0.766. The number of benzene rings is 2. The van der Waals surface area contributed by atoms with E-state index < -0.39 is 0 Å². The SMILES string of the molecule is O=C(c1ccc2[nH]ccc2c1)N1C[C@H]2CC[C@@H]1CN(Cc1ccccc1)C2. The Bertz CT molecular complexity index is 948. The lowest BCUT2D eigenvalue weighted by atomic mass is 9.94. The maximum atomic E-state index is 13.3. The van der Waals surface area contributed by atoms with Gasteiger partial charge in [0.15, 0.2) is 0 Å². The molecule has 4 heteroatoms. The standard InChI is InChI=1S/C23H25N3O/c27-23(20-7-9-22-19(12-20)10-11-24-22)26-15-18-6-8-21(26)16-25(14-18)13-17-4-2-1-3-5-17/h1-5,7,9-12,18,21,24H,6,8,13-16H2/t18-,21+/m0/s1. The summed E-state index contributed by atoms with van der Waals surface area (Å²) in [5, 5.41) is 1.10. The molecule has 4 nitrogen and oxygen atoms in total. The number of carbonyl (C=O) groups is 1. The fourth-order valence-corrected chi connectivity index (χ4v) is 4.75. The van der Waals surface area contributed by atoms with Gasteiger partial charge in [0.1, 0.15) is 0 Å². The number of piperidine rings is 1. The Balaban J connectivity index is 1.35. The molecule has 3 aliphatic rings. The lowest BCUT2D eigenvalue weighted by molar-refractivity contribution is 0.0585. The lowest BCUT2D eigenvalue weighted by Crippen LogP contribution is -2.47. The molecular weight excluding hydrogens is 334 g/mol. The first-order valence-electron chi connectivity index (χ1n) is 9.91. The smallest absolute Gasteiger partial charge is 0.254 e. The summed E-state index contributed by atoms with van der Waals surface area (Å²) in [6.45, 7) is 3.93. The molecule has 3 aromatic rings. The van der Waals surface area contributed by atoms with Crippen LogP contribution in [0.25, 0.3) is 10.9 Å². The predicted molar refractivity (Wildman–Crippen MR) is 108 cm³/mol. The number of aromatic amines is 1. The van der Waals surface area contributed by atoms with Gasteiger partial charge in [0.25, 0.3) is 5.91 Å². The van der Waals surface area contributed by atoms with E-state index in [-0.39, 0.29) is 5.91 Å². The lowest BCUT2D eigenvalue weighted by Gasteiger charge is -2.36. The molecule has 3 aliphatic heterocycles. The van der Waals surface area contributed by atoms with E-state index >= 15 is 0 Å². The zero-order valence-electron chi connectivity index (χ0n) is 15.5. The van der Waals surface area contributed by atoms with Crippen LogP contribution in [-0.2, 0) is 6.54 Å². The summed E-state index contributed by atoms with van der Waals surface area (Å²) >= 11 is 0. The highest BCUT2D eigenvalue weighted by Gasteiger charge is 2.37. The van der Waals surface area contributed by atoms with Gasteiger partial charge >= 0.3 is 0 Å². The summed E-state index contributed by atoms with van der Waals surface area (Å²) < 4.78 is 0. The molecule has 1 aromatic heterocycles. The van der Waals surface area contributed by atoms with E-state index in [1.807, 2.05) is 30.5 Å². The molecule has 0 saturated carbocycles. The number of amides is 1. The molecule has 1 N–H and O–H groups in total. The summed E-state index contributed by atoms with van der Waals surface area (Å²) in [6.07, 6.45) is 4.28. The van der Waals surface area contributed by atoms with Gasteiger partial charge in [0.2, 0.25) is 0 Å². The van der Waals surface area contributed by atoms with Gasteiger partial charge in [-0.25, -0.2) is 0 Å². The van der Waals surface area contributed by atoms with Crippen LogP contribution in [0.3, 0.4) is 0 Å². The van der Waals surface area contributed by atoms with E-state index in [4.69, 9.17) is 0 Å². The number of nitrogens with one attached hydrogen (secondary N) is 1. The van der Waals surface area contributed by atoms with Crippen LogP contribution in [0, 0.1) is 5.92 Å². The van der Waals surface area contributed by atoms with E-state index in [9.17, 15) is 4.79 Å². The van der Waals surface area contributed by atoms with Crippen LogP contribution >= 0.6 is 0 Å². The number of carbonyl (C=O) groups excluding carboxylic acids is 1. The molecule has 0 spiro atoms. The third kappa shape index (κ3) is 3.26. The summed E-state index contributed by atoms with van der Waals surface area (Å²) in [4.78, 5) is 21.2. The van der Waals surface area contributed by atoms with Crippen LogP contribution in [0.4, 0.5) is 0 Å². The highest BCUT2D eigenvalue weighted by Crippen LogP contribution is 2.30. The second-order valence-electron chi connectivity index (χ2n) is 8.01. The molecule has 0 unspecified atom stereocenters. The Morgan fingerprint density at radius 3 is 2.78 bits per heavy atom. The minimum atomic E-state index is 0.189. The van der Waals surface area contributed by atoms with Crippen molar-refractivity contribution in [3.63, 3.8) is 0 Å². The van der Waals surface area contributed by atoms with Crippen molar-refractivity contribution in [3.8, 4) is 0 Å². The van der Waals surface area contributed by atoms with Gasteiger partial charge in [0.05, 0.1) is 0 Å². The van der Waals surface area contributed by atoms with Crippen molar-refractivity contribution in [3.05, 3.63) is 71.9 Å². The molecule has 3 fully saturated rings. The third-order valence-corrected chi connectivity index (χ3v) is 6.10. The van der Waals surface area contributed by atoms with Gasteiger partial charge in [-0.2, -0.15) is 0 Å². The van der Waals surface area contributed by atoms with Gasteiger partial charge < -0.3 is 9.88 Å². The molecule has 1 amide bonds. The molecule has 138 valence electrons. The normalized spacial score (nSPS) is 22.9. The number of rotatable bonds is 3. The van der Waals surface area contributed by atoms with Crippen LogP contribution in [0.2, 0.25) is 0 Å². The quantitative estimate of drug-likeness (QED) is 0.770. The first kappa shape index (κ1) is 16.6. The Labute approximate surface area is 159 Å². The number of hydrogen-bond acceptors (Lipinski definition) is 2. The Kier molecular flexibility index (Phi) is 4.21. The molecule has 4 heterocycles. The number of H-pyrrole nitrogens is 1. The van der Waals surface area contributed by atoms with Crippen molar-refractivity contribution in [2.45, 2.75) is 25.4 Å². The van der Waals surface area contributed by atoms with E-state index in [2.05, 4.69) is 45.1 Å². The number of fused-ring (bicyclic) bond motifs is 5. The monoisotopic (exact) mass is 359 g/mol. The highest BCUT2D eigenvalue weighted by molar-refractivity contribution is 5.98. The molecule has 0 aliphatic carbocycles. The zero-order chi connectivity index (χ0) is 18.2. The highest BCUT2D eigenvalue weighted by atomic mass is 16.2. The van der Waals surface area contributed by atoms with Crippen LogP contribution in [0.1, 0.15) is 28.8 Å². The minimum Gasteiger partial charge on any atom is -0.361 e. The van der Waals surface area contributed by atoms with E-state index in [1.54, 1.807) is 0 Å². The Morgan fingerprint density at radius 2 is 1.89 bits per heavy atom. The largest absolute Gasteiger partial charge is 0.361 e. The van der Waals surface area contributed by atoms with Crippen LogP contribution in [0.5, 0.6) is 0 Å². The second kappa shape index (κ2) is 6.86. The molecule has 27 heavy (non-hydrogen) atoms. The van der Waals surface area contributed by atoms with Crippen molar-refractivity contribution in [1.29, 1.82) is 0 Å². The maximum absolute atomic E-state index is 13.3. The van der Waals surface area contributed by atoms with Crippen LogP contribution in [-0.4, -0.2) is 46.4 Å². The van der Waals surface area contributed by atoms with E-state index in [0.717, 1.165) is 49.1 Å². The van der Waals surface area contributed by atoms with Crippen molar-refractivity contribution in [2.24, 2.45) is 5.92 Å². The molecule has 2 atom stereocenters. The van der Waals surface area contributed by atoms with Crippen LogP contribution < -0.4 is 0 Å². The van der Waals surface area contributed by atoms with Crippen molar-refractivity contribution in [2.75, 3.05) is 19.6 Å². The van der Waals surface area contributed by atoms with Gasteiger partial charge in [-0.15, -0.1) is 0 Å². The van der Waals surface area contributed by atoms with E-state index in [1.165, 1.54) is 12.0 Å². The minimum absolute atomic E-state index is 0.189. The number of hydrogen-bond donors (Lipinski definition) is 1. The summed E-state index contributed by atoms with van der Waals surface area (Å²) in [7, 11) is 0. The molecule has 0 radical (unpaired) electrons. The third-order valence-electron chi connectivity index (χ3n) is 6.10. The van der Waals surface area contributed by atoms with Crippen molar-refractivity contribution >= 4 is 16.8 Å². The molecule has 6 rings (SSSR count). The number of aromatic nitrogens is 1. The fraction of sp³-hybridized carbons (Fsp3) is 0.348. The molecule has 3 saturated heterocycles. The van der Waals surface area contributed by atoms with Crippen LogP contribution in [0.15, 0.2) is 60.8 Å². The predicted octanol–water partition coefficient (Wildman–Crippen LogP) is 3.90. The second-order valence-corrected chi connectivity index (χ2v) is 8.01. The van der Waals surface area contributed by atoms with Gasteiger partial charge in [-0.05, 0) is 48.6 Å². The maximum Gasteiger partial charge on any atom is 0.254 e. The average molecular weight is 359 g/mol. The van der Waals surface area contributed by atoms with Gasteiger partial charge in [-0.3, -0.25) is 9.69 Å². The zero-order valence-corrected chi connectivity index (χ0v) is 15.5. The summed E-state index contributed by atoms with van der Waals surface area (Å²) in [6, 6.07) is 19.0. The topological polar surface area (TPSA) is 39.3 Å². The van der Waals surface area contributed by atoms with E-state index in [0.29, 0.717) is 12.0 Å². The fourth-order valence-electron chi connectivity index (χ4n) is 4.75. The first-order valence-corrected chi connectivity index (χ1v) is 9.91. The van der Waals surface area contributed by atoms with Crippen molar-refractivity contribution in [1.82, 2.24) is 14.8 Å². The molecular formula is C23H25N3O. The van der Waals surface area contributed by atoms with Crippen molar-refractivity contribution < 1.29 is 4.79 Å². The van der Waals surface area contributed by atoms with Gasteiger partial charge in [-0.1, -0.05) is 30.3 Å². The number of nitrogens with zero attached hydrogens (tertiary/aromatic N) is 2. The Morgan fingerprint density at radius 1 is 1.00 bits per heavy atom. The average Bonchev–Trinajstić information content (AvgIpc) is 3.00.